The molecule has 338 valence electrons. The fraction of sp³-hybridized carbons (Fsp3) is 0.827. The van der Waals surface area contributed by atoms with Gasteiger partial charge in [0.15, 0.2) is 6.10 Å². The number of carbonyl (C=O) groups is 3. The molecule has 0 aromatic rings. The Bertz CT molecular complexity index is 984. The zero-order valence-electron chi connectivity index (χ0n) is 38.6. The quantitative estimate of drug-likeness (QED) is 0.0264. The van der Waals surface area contributed by atoms with Crippen LogP contribution in [0.1, 0.15) is 258 Å². The molecule has 0 saturated carbocycles. The molecule has 0 fully saturated rings. The summed E-state index contributed by atoms with van der Waals surface area (Å²) in [5.74, 6) is -0.881. The van der Waals surface area contributed by atoms with Crippen LogP contribution >= 0.6 is 0 Å². The first-order chi connectivity index (χ1) is 28.5. The molecule has 0 rings (SSSR count). The Morgan fingerprint density at radius 2 is 0.621 bits per heavy atom. The van der Waals surface area contributed by atoms with Crippen molar-refractivity contribution in [2.45, 2.75) is 264 Å². The molecule has 0 radical (unpaired) electrons. The lowest BCUT2D eigenvalue weighted by Crippen LogP contribution is -2.30. The van der Waals surface area contributed by atoms with E-state index in [1.165, 1.54) is 141 Å². The fourth-order valence-electron chi connectivity index (χ4n) is 7.10. The maximum absolute atomic E-state index is 12.7. The smallest absolute Gasteiger partial charge is 0.306 e. The second kappa shape index (κ2) is 47.3. The van der Waals surface area contributed by atoms with Gasteiger partial charge in [0.1, 0.15) is 13.2 Å². The largest absolute Gasteiger partial charge is 0.462 e. The van der Waals surface area contributed by atoms with Crippen molar-refractivity contribution in [2.75, 3.05) is 13.2 Å². The van der Waals surface area contributed by atoms with E-state index in [-0.39, 0.29) is 31.1 Å². The van der Waals surface area contributed by atoms with Crippen molar-refractivity contribution in [3.63, 3.8) is 0 Å². The molecule has 0 N–H and O–H groups in total. The van der Waals surface area contributed by atoms with E-state index in [4.69, 9.17) is 14.2 Å². The van der Waals surface area contributed by atoms with Crippen LogP contribution in [0.25, 0.3) is 0 Å². The van der Waals surface area contributed by atoms with E-state index in [0.29, 0.717) is 19.3 Å². The van der Waals surface area contributed by atoms with Crippen LogP contribution in [0.4, 0.5) is 0 Å². The molecule has 0 aliphatic rings. The molecule has 0 amide bonds. The van der Waals surface area contributed by atoms with Crippen molar-refractivity contribution in [3.8, 4) is 0 Å². The first kappa shape index (κ1) is 55.6. The highest BCUT2D eigenvalue weighted by molar-refractivity contribution is 5.71. The van der Waals surface area contributed by atoms with Crippen molar-refractivity contribution >= 4 is 17.9 Å². The molecular formula is C52H94O6. The number of rotatable bonds is 45. The monoisotopic (exact) mass is 815 g/mol. The van der Waals surface area contributed by atoms with E-state index in [9.17, 15) is 14.4 Å². The maximum Gasteiger partial charge on any atom is 0.306 e. The van der Waals surface area contributed by atoms with Gasteiger partial charge in [0.25, 0.3) is 0 Å². The van der Waals surface area contributed by atoms with E-state index < -0.39 is 6.10 Å². The fourth-order valence-corrected chi connectivity index (χ4v) is 7.10. The molecule has 0 spiro atoms. The number of unbranched alkanes of at least 4 members (excludes halogenated alkanes) is 28. The standard InChI is InChI=1S/C52H94O6/c1-4-7-10-13-16-19-21-23-24-25-26-27-28-29-31-33-36-39-42-45-51(54)57-48-49(47-56-50(53)44-41-38-35-32-18-15-12-9-6-3)58-52(55)46-43-40-37-34-30-22-20-17-14-11-8-5-2/h16,19,23-24,26-27,49H,4-15,17-18,20-22,25,28-48H2,1-3H3/b19-16-,24-23-,27-26-. The van der Waals surface area contributed by atoms with Crippen LogP contribution in [0.15, 0.2) is 36.5 Å². The van der Waals surface area contributed by atoms with Crippen molar-refractivity contribution in [1.82, 2.24) is 0 Å². The number of esters is 3. The molecule has 1 unspecified atom stereocenters. The minimum absolute atomic E-state index is 0.0729. The Kier molecular flexibility index (Phi) is 45.4. The Morgan fingerprint density at radius 3 is 1.00 bits per heavy atom. The molecule has 0 aromatic heterocycles. The lowest BCUT2D eigenvalue weighted by molar-refractivity contribution is -0.167. The van der Waals surface area contributed by atoms with Crippen LogP contribution in [0.5, 0.6) is 0 Å². The molecule has 0 aliphatic carbocycles. The molecule has 6 heteroatoms. The maximum atomic E-state index is 12.7. The summed E-state index contributed by atoms with van der Waals surface area (Å²) >= 11 is 0. The topological polar surface area (TPSA) is 78.9 Å². The van der Waals surface area contributed by atoms with Crippen molar-refractivity contribution < 1.29 is 28.6 Å². The number of ether oxygens (including phenoxy) is 3. The Balaban J connectivity index is 4.30. The van der Waals surface area contributed by atoms with Crippen LogP contribution in [-0.4, -0.2) is 37.2 Å². The second-order valence-electron chi connectivity index (χ2n) is 16.7. The molecule has 0 aliphatic heterocycles. The van der Waals surface area contributed by atoms with Gasteiger partial charge in [0.05, 0.1) is 0 Å². The van der Waals surface area contributed by atoms with Crippen LogP contribution in [0, 0.1) is 0 Å². The summed E-state index contributed by atoms with van der Waals surface area (Å²) in [7, 11) is 0. The Hall–Kier alpha value is -2.37. The van der Waals surface area contributed by atoms with Gasteiger partial charge < -0.3 is 14.2 Å². The first-order valence-electron chi connectivity index (χ1n) is 25.0. The number of allylic oxidation sites excluding steroid dienone is 6. The van der Waals surface area contributed by atoms with Crippen LogP contribution < -0.4 is 0 Å². The third kappa shape index (κ3) is 44.7. The Morgan fingerprint density at radius 1 is 0.345 bits per heavy atom. The molecule has 0 bridgehead atoms. The van der Waals surface area contributed by atoms with Gasteiger partial charge in [-0.1, -0.05) is 218 Å². The third-order valence-corrected chi connectivity index (χ3v) is 10.9. The van der Waals surface area contributed by atoms with E-state index in [1.807, 2.05) is 0 Å². The number of hydrogen-bond acceptors (Lipinski definition) is 6. The van der Waals surface area contributed by atoms with E-state index in [1.54, 1.807) is 0 Å². The predicted octanol–water partition coefficient (Wildman–Crippen LogP) is 16.1. The van der Waals surface area contributed by atoms with Gasteiger partial charge in [-0.2, -0.15) is 0 Å². The number of hydrogen-bond donors (Lipinski definition) is 0. The highest BCUT2D eigenvalue weighted by atomic mass is 16.6. The minimum Gasteiger partial charge on any atom is -0.462 e. The van der Waals surface area contributed by atoms with Crippen molar-refractivity contribution in [1.29, 1.82) is 0 Å². The van der Waals surface area contributed by atoms with Crippen molar-refractivity contribution in [3.05, 3.63) is 36.5 Å². The average Bonchev–Trinajstić information content (AvgIpc) is 3.22. The normalized spacial score (nSPS) is 12.3. The predicted molar refractivity (Wildman–Crippen MR) is 247 cm³/mol. The van der Waals surface area contributed by atoms with Gasteiger partial charge in [-0.3, -0.25) is 14.4 Å². The highest BCUT2D eigenvalue weighted by Gasteiger charge is 2.19. The molecule has 6 nitrogen and oxygen atoms in total. The number of carbonyl (C=O) groups excluding carboxylic acids is 3. The van der Waals surface area contributed by atoms with Gasteiger partial charge in [-0.25, -0.2) is 0 Å². The van der Waals surface area contributed by atoms with Gasteiger partial charge in [-0.05, 0) is 57.8 Å². The molecule has 0 heterocycles. The summed E-state index contributed by atoms with van der Waals surface area (Å²) in [6, 6.07) is 0. The molecule has 58 heavy (non-hydrogen) atoms. The van der Waals surface area contributed by atoms with E-state index in [0.717, 1.165) is 77.0 Å². The molecule has 1 atom stereocenters. The van der Waals surface area contributed by atoms with Crippen molar-refractivity contribution in [2.24, 2.45) is 0 Å². The van der Waals surface area contributed by atoms with Crippen LogP contribution in [-0.2, 0) is 28.6 Å². The summed E-state index contributed by atoms with van der Waals surface area (Å²) in [5.41, 5.74) is 0. The van der Waals surface area contributed by atoms with E-state index in [2.05, 4.69) is 57.2 Å². The van der Waals surface area contributed by atoms with Crippen LogP contribution in [0.3, 0.4) is 0 Å². The van der Waals surface area contributed by atoms with Gasteiger partial charge in [0, 0.05) is 19.3 Å². The zero-order valence-corrected chi connectivity index (χ0v) is 38.6. The molecule has 0 aromatic carbocycles. The highest BCUT2D eigenvalue weighted by Crippen LogP contribution is 2.15. The lowest BCUT2D eigenvalue weighted by Gasteiger charge is -2.18. The van der Waals surface area contributed by atoms with Gasteiger partial charge in [-0.15, -0.1) is 0 Å². The van der Waals surface area contributed by atoms with Gasteiger partial charge >= 0.3 is 17.9 Å². The summed E-state index contributed by atoms with van der Waals surface area (Å²) in [6.45, 7) is 6.59. The average molecular weight is 815 g/mol. The lowest BCUT2D eigenvalue weighted by atomic mass is 10.0. The minimum atomic E-state index is -0.770. The third-order valence-electron chi connectivity index (χ3n) is 10.9. The SMILES string of the molecule is CCCCC/C=C\C/C=C\C/C=C\CCCCCCCCC(=O)OCC(COC(=O)CCCCCCCCCCC)OC(=O)CCCCCCCCCCCCCC. The summed E-state index contributed by atoms with van der Waals surface area (Å²) in [6.07, 6.45) is 54.1. The summed E-state index contributed by atoms with van der Waals surface area (Å²) in [4.78, 5) is 37.8. The second-order valence-corrected chi connectivity index (χ2v) is 16.7. The van der Waals surface area contributed by atoms with Crippen LogP contribution in [0.2, 0.25) is 0 Å². The summed E-state index contributed by atoms with van der Waals surface area (Å²) in [5, 5.41) is 0. The Labute approximate surface area is 359 Å². The van der Waals surface area contributed by atoms with Gasteiger partial charge in [0.2, 0.25) is 0 Å². The zero-order chi connectivity index (χ0) is 42.3. The molecular weight excluding hydrogens is 721 g/mol. The first-order valence-corrected chi connectivity index (χ1v) is 25.0. The van der Waals surface area contributed by atoms with E-state index >= 15 is 0 Å². The molecule has 0 saturated heterocycles. The summed E-state index contributed by atoms with van der Waals surface area (Å²) < 4.78 is 16.7.